The van der Waals surface area contributed by atoms with Gasteiger partial charge in [-0.3, -0.25) is 4.98 Å². The van der Waals surface area contributed by atoms with Crippen molar-refractivity contribution in [2.45, 2.75) is 38.3 Å². The number of carbonyl (C=O) groups is 1. The lowest BCUT2D eigenvalue weighted by Crippen LogP contribution is -2.31. The van der Waals surface area contributed by atoms with Crippen LogP contribution in [0.4, 0.5) is 4.79 Å². The Kier molecular flexibility index (Phi) is 5.20. The van der Waals surface area contributed by atoms with Gasteiger partial charge in [-0.05, 0) is 37.3 Å². The zero-order chi connectivity index (χ0) is 14.5. The summed E-state index contributed by atoms with van der Waals surface area (Å²) in [4.78, 5) is 17.0. The molecule has 20 heavy (non-hydrogen) atoms. The van der Waals surface area contributed by atoms with Gasteiger partial charge in [0, 0.05) is 31.6 Å². The number of ether oxygens (including phenoxy) is 1. The van der Waals surface area contributed by atoms with Crippen molar-refractivity contribution in [3.63, 3.8) is 0 Å². The van der Waals surface area contributed by atoms with E-state index in [1.54, 1.807) is 13.3 Å². The number of halogens is 1. The molecule has 6 heteroatoms. The van der Waals surface area contributed by atoms with Gasteiger partial charge in [0.1, 0.15) is 0 Å². The SMILES string of the molecule is COCCCc1cc(CN(C(=O)O)C2CC2)c(Cl)cn1. The molecule has 5 nitrogen and oxygen atoms in total. The molecule has 0 aliphatic heterocycles. The lowest BCUT2D eigenvalue weighted by Gasteiger charge is -2.19. The van der Waals surface area contributed by atoms with E-state index in [0.29, 0.717) is 18.2 Å². The van der Waals surface area contributed by atoms with E-state index in [-0.39, 0.29) is 6.04 Å². The third-order valence-electron chi connectivity index (χ3n) is 3.35. The summed E-state index contributed by atoms with van der Waals surface area (Å²) in [5.74, 6) is 0. The van der Waals surface area contributed by atoms with Crippen molar-refractivity contribution >= 4 is 17.7 Å². The molecule has 1 aromatic heterocycles. The molecule has 1 amide bonds. The molecule has 1 N–H and O–H groups in total. The van der Waals surface area contributed by atoms with E-state index in [4.69, 9.17) is 16.3 Å². The number of carboxylic acid groups (broad SMARTS) is 1. The first-order chi connectivity index (χ1) is 9.61. The molecule has 0 spiro atoms. The van der Waals surface area contributed by atoms with Gasteiger partial charge in [-0.2, -0.15) is 0 Å². The summed E-state index contributed by atoms with van der Waals surface area (Å²) < 4.78 is 5.01. The van der Waals surface area contributed by atoms with Gasteiger partial charge in [0.25, 0.3) is 0 Å². The van der Waals surface area contributed by atoms with Crippen LogP contribution in [0.15, 0.2) is 12.3 Å². The lowest BCUT2D eigenvalue weighted by molar-refractivity contribution is 0.139. The van der Waals surface area contributed by atoms with E-state index < -0.39 is 6.09 Å². The summed E-state index contributed by atoms with van der Waals surface area (Å²) in [7, 11) is 1.67. The number of hydrogen-bond donors (Lipinski definition) is 1. The highest BCUT2D eigenvalue weighted by Crippen LogP contribution is 2.29. The Hall–Kier alpha value is -1.33. The van der Waals surface area contributed by atoms with Gasteiger partial charge in [-0.15, -0.1) is 0 Å². The van der Waals surface area contributed by atoms with Crippen LogP contribution in [0, 0.1) is 0 Å². The highest BCUT2D eigenvalue weighted by molar-refractivity contribution is 6.31. The Labute approximate surface area is 123 Å². The van der Waals surface area contributed by atoms with Crippen LogP contribution >= 0.6 is 11.6 Å². The van der Waals surface area contributed by atoms with Crippen molar-refractivity contribution in [1.29, 1.82) is 0 Å². The van der Waals surface area contributed by atoms with E-state index in [1.165, 1.54) is 4.90 Å². The van der Waals surface area contributed by atoms with Crippen LogP contribution in [-0.4, -0.2) is 40.8 Å². The number of methoxy groups -OCH3 is 1. The highest BCUT2D eigenvalue weighted by atomic mass is 35.5. The van der Waals surface area contributed by atoms with Crippen LogP contribution in [0.5, 0.6) is 0 Å². The molecule has 0 radical (unpaired) electrons. The van der Waals surface area contributed by atoms with Gasteiger partial charge in [-0.1, -0.05) is 11.6 Å². The van der Waals surface area contributed by atoms with Gasteiger partial charge < -0.3 is 14.7 Å². The van der Waals surface area contributed by atoms with E-state index >= 15 is 0 Å². The van der Waals surface area contributed by atoms with E-state index in [9.17, 15) is 9.90 Å². The molecule has 0 unspecified atom stereocenters. The number of aryl methyl sites for hydroxylation is 1. The minimum atomic E-state index is -0.888. The summed E-state index contributed by atoms with van der Waals surface area (Å²) in [5, 5.41) is 9.75. The molecular weight excluding hydrogens is 280 g/mol. The third-order valence-corrected chi connectivity index (χ3v) is 3.69. The van der Waals surface area contributed by atoms with Gasteiger partial charge >= 0.3 is 6.09 Å². The van der Waals surface area contributed by atoms with Crippen LogP contribution in [0.2, 0.25) is 5.02 Å². The maximum absolute atomic E-state index is 11.2. The van der Waals surface area contributed by atoms with Crippen molar-refractivity contribution in [2.24, 2.45) is 0 Å². The second-order valence-corrected chi connectivity index (χ2v) is 5.41. The van der Waals surface area contributed by atoms with E-state index in [1.807, 2.05) is 6.07 Å². The first kappa shape index (κ1) is 15.1. The number of pyridine rings is 1. The molecule has 1 aromatic rings. The maximum atomic E-state index is 11.2. The standard InChI is InChI=1S/C14H19ClN2O3/c1-20-6-2-3-11-7-10(13(15)8-16-11)9-17(14(18)19)12-4-5-12/h7-8,12H,2-6,9H2,1H3,(H,18,19). The third kappa shape index (κ3) is 4.08. The largest absolute Gasteiger partial charge is 0.465 e. The number of nitrogens with zero attached hydrogens (tertiary/aromatic N) is 2. The summed E-state index contributed by atoms with van der Waals surface area (Å²) in [6.45, 7) is 1.02. The van der Waals surface area contributed by atoms with E-state index in [0.717, 1.165) is 36.9 Å². The number of amides is 1. The van der Waals surface area contributed by atoms with E-state index in [2.05, 4.69) is 4.98 Å². The Morgan fingerprint density at radius 3 is 2.95 bits per heavy atom. The average molecular weight is 299 g/mol. The fourth-order valence-electron chi connectivity index (χ4n) is 2.11. The van der Waals surface area contributed by atoms with Gasteiger partial charge in [0.05, 0.1) is 11.6 Å². The Balaban J connectivity index is 2.05. The topological polar surface area (TPSA) is 62.7 Å². The molecule has 0 atom stereocenters. The van der Waals surface area contributed by atoms with Crippen molar-refractivity contribution in [3.8, 4) is 0 Å². The molecule has 110 valence electrons. The molecule has 1 saturated carbocycles. The minimum Gasteiger partial charge on any atom is -0.465 e. The molecule has 0 bridgehead atoms. The Bertz CT molecular complexity index is 477. The predicted octanol–water partition coefficient (Wildman–Crippen LogP) is 2.96. The zero-order valence-corrected chi connectivity index (χ0v) is 12.3. The first-order valence-corrected chi connectivity index (χ1v) is 7.11. The van der Waals surface area contributed by atoms with Crippen molar-refractivity contribution in [3.05, 3.63) is 28.5 Å². The number of aromatic nitrogens is 1. The number of rotatable bonds is 7. The minimum absolute atomic E-state index is 0.147. The van der Waals surface area contributed by atoms with Crippen molar-refractivity contribution < 1.29 is 14.6 Å². The van der Waals surface area contributed by atoms with Crippen LogP contribution < -0.4 is 0 Å². The lowest BCUT2D eigenvalue weighted by atomic mass is 10.1. The van der Waals surface area contributed by atoms with Crippen molar-refractivity contribution in [1.82, 2.24) is 9.88 Å². The predicted molar refractivity (Wildman–Crippen MR) is 76.0 cm³/mol. The summed E-state index contributed by atoms with van der Waals surface area (Å²) in [6.07, 6.45) is 4.28. The van der Waals surface area contributed by atoms with Crippen LogP contribution in [0.1, 0.15) is 30.5 Å². The van der Waals surface area contributed by atoms with Gasteiger partial charge in [0.15, 0.2) is 0 Å². The quantitative estimate of drug-likeness (QED) is 0.786. The molecule has 2 rings (SSSR count). The highest BCUT2D eigenvalue weighted by Gasteiger charge is 2.32. The summed E-state index contributed by atoms with van der Waals surface area (Å²) in [6, 6.07) is 2.05. The fourth-order valence-corrected chi connectivity index (χ4v) is 2.27. The second kappa shape index (κ2) is 6.90. The molecule has 0 saturated heterocycles. The normalized spacial score (nSPS) is 14.3. The first-order valence-electron chi connectivity index (χ1n) is 6.73. The number of hydrogen-bond acceptors (Lipinski definition) is 3. The smallest absolute Gasteiger partial charge is 0.407 e. The zero-order valence-electron chi connectivity index (χ0n) is 11.5. The fraction of sp³-hybridized carbons (Fsp3) is 0.571. The molecule has 0 aromatic carbocycles. The summed E-state index contributed by atoms with van der Waals surface area (Å²) >= 11 is 6.12. The monoisotopic (exact) mass is 298 g/mol. The maximum Gasteiger partial charge on any atom is 0.407 e. The van der Waals surface area contributed by atoms with Crippen LogP contribution in [-0.2, 0) is 17.7 Å². The van der Waals surface area contributed by atoms with Crippen molar-refractivity contribution in [2.75, 3.05) is 13.7 Å². The molecule has 1 aliphatic carbocycles. The second-order valence-electron chi connectivity index (χ2n) is 5.01. The molecule has 1 aliphatic rings. The molecular formula is C14H19ClN2O3. The average Bonchev–Trinajstić information content (AvgIpc) is 3.23. The van der Waals surface area contributed by atoms with Crippen LogP contribution in [0.3, 0.4) is 0 Å². The molecule has 1 heterocycles. The van der Waals surface area contributed by atoms with Crippen LogP contribution in [0.25, 0.3) is 0 Å². The van der Waals surface area contributed by atoms with Gasteiger partial charge in [0.2, 0.25) is 0 Å². The Morgan fingerprint density at radius 1 is 1.60 bits per heavy atom. The molecule has 1 fully saturated rings. The Morgan fingerprint density at radius 2 is 2.35 bits per heavy atom. The van der Waals surface area contributed by atoms with Gasteiger partial charge in [-0.25, -0.2) is 4.79 Å². The summed E-state index contributed by atoms with van der Waals surface area (Å²) in [5.41, 5.74) is 1.74.